The quantitative estimate of drug-likeness (QED) is 0.713. The van der Waals surface area contributed by atoms with Gasteiger partial charge in [0.25, 0.3) is 0 Å². The van der Waals surface area contributed by atoms with Crippen LogP contribution in [0.4, 0.5) is 0 Å². The van der Waals surface area contributed by atoms with Gasteiger partial charge in [-0.05, 0) is 42.9 Å². The molecular weight excluding hydrogens is 170 g/mol. The Morgan fingerprint density at radius 2 is 1.71 bits per heavy atom. The van der Waals surface area contributed by atoms with Gasteiger partial charge in [-0.3, -0.25) is 0 Å². The summed E-state index contributed by atoms with van der Waals surface area (Å²) >= 11 is 0. The highest BCUT2D eigenvalue weighted by molar-refractivity contribution is 4.94. The van der Waals surface area contributed by atoms with Gasteiger partial charge in [-0.25, -0.2) is 0 Å². The lowest BCUT2D eigenvalue weighted by Crippen LogP contribution is -2.46. The molecule has 0 aromatic rings. The van der Waals surface area contributed by atoms with Crippen molar-refractivity contribution in [1.82, 2.24) is 5.32 Å². The zero-order valence-corrected chi connectivity index (χ0v) is 10.1. The summed E-state index contributed by atoms with van der Waals surface area (Å²) in [6.07, 6.45) is 5.58. The highest BCUT2D eigenvalue weighted by Crippen LogP contribution is 2.42. The zero-order valence-electron chi connectivity index (χ0n) is 10.1. The SMILES string of the molecule is CC1CC(NC2CC(C)(C)CC2C)C1. The van der Waals surface area contributed by atoms with Crippen molar-refractivity contribution >= 4 is 0 Å². The van der Waals surface area contributed by atoms with Crippen molar-refractivity contribution in [3.8, 4) is 0 Å². The number of nitrogens with one attached hydrogen (secondary N) is 1. The maximum absolute atomic E-state index is 3.85. The second kappa shape index (κ2) is 3.52. The molecule has 14 heavy (non-hydrogen) atoms. The van der Waals surface area contributed by atoms with Gasteiger partial charge in [0, 0.05) is 12.1 Å². The molecule has 2 unspecified atom stereocenters. The Morgan fingerprint density at radius 3 is 2.14 bits per heavy atom. The molecule has 0 aromatic heterocycles. The first-order chi connectivity index (χ1) is 6.46. The second-order valence-electron chi connectivity index (χ2n) is 6.60. The Morgan fingerprint density at radius 1 is 1.07 bits per heavy atom. The molecule has 2 atom stereocenters. The molecule has 0 radical (unpaired) electrons. The maximum atomic E-state index is 3.85. The summed E-state index contributed by atoms with van der Waals surface area (Å²) in [7, 11) is 0. The molecule has 2 saturated carbocycles. The van der Waals surface area contributed by atoms with E-state index < -0.39 is 0 Å². The van der Waals surface area contributed by atoms with E-state index in [9.17, 15) is 0 Å². The lowest BCUT2D eigenvalue weighted by Gasteiger charge is -2.37. The van der Waals surface area contributed by atoms with E-state index in [-0.39, 0.29) is 0 Å². The van der Waals surface area contributed by atoms with Crippen LogP contribution in [-0.2, 0) is 0 Å². The second-order valence-corrected chi connectivity index (χ2v) is 6.60. The zero-order chi connectivity index (χ0) is 10.3. The van der Waals surface area contributed by atoms with Gasteiger partial charge in [-0.1, -0.05) is 27.7 Å². The standard InChI is InChI=1S/C13H25N/c1-9-5-11(6-9)14-12-8-13(3,4)7-10(12)2/h9-12,14H,5-8H2,1-4H3. The molecule has 2 aliphatic carbocycles. The minimum atomic E-state index is 0.576. The first kappa shape index (κ1) is 10.5. The van der Waals surface area contributed by atoms with Gasteiger partial charge in [0.05, 0.1) is 0 Å². The third-order valence-corrected chi connectivity index (χ3v) is 4.16. The van der Waals surface area contributed by atoms with Crippen molar-refractivity contribution in [2.24, 2.45) is 17.3 Å². The average molecular weight is 195 g/mol. The fraction of sp³-hybridized carbons (Fsp3) is 1.00. The van der Waals surface area contributed by atoms with E-state index in [0.717, 1.165) is 23.9 Å². The van der Waals surface area contributed by atoms with E-state index in [0.29, 0.717) is 5.41 Å². The third kappa shape index (κ3) is 2.13. The molecule has 2 fully saturated rings. The Balaban J connectivity index is 1.81. The highest BCUT2D eigenvalue weighted by Gasteiger charge is 2.38. The van der Waals surface area contributed by atoms with E-state index in [1.807, 2.05) is 0 Å². The molecule has 2 aliphatic rings. The Kier molecular flexibility index (Phi) is 2.63. The molecule has 0 amide bonds. The predicted molar refractivity (Wildman–Crippen MR) is 61.3 cm³/mol. The molecule has 0 aromatic carbocycles. The van der Waals surface area contributed by atoms with Crippen LogP contribution in [0.5, 0.6) is 0 Å². The fourth-order valence-electron chi connectivity index (χ4n) is 3.46. The van der Waals surface area contributed by atoms with E-state index in [2.05, 4.69) is 33.0 Å². The van der Waals surface area contributed by atoms with E-state index in [4.69, 9.17) is 0 Å². The number of hydrogen-bond donors (Lipinski definition) is 1. The van der Waals surface area contributed by atoms with Crippen LogP contribution in [0.25, 0.3) is 0 Å². The summed E-state index contributed by atoms with van der Waals surface area (Å²) in [5.74, 6) is 1.85. The van der Waals surface area contributed by atoms with Crippen molar-refractivity contribution in [2.45, 2.75) is 65.5 Å². The van der Waals surface area contributed by atoms with E-state index in [1.54, 1.807) is 0 Å². The van der Waals surface area contributed by atoms with Crippen LogP contribution in [0.1, 0.15) is 53.4 Å². The Labute approximate surface area is 88.7 Å². The first-order valence-electron chi connectivity index (χ1n) is 6.22. The smallest absolute Gasteiger partial charge is 0.0101 e. The van der Waals surface area contributed by atoms with E-state index in [1.165, 1.54) is 25.7 Å². The Bertz CT molecular complexity index is 203. The van der Waals surface area contributed by atoms with Crippen molar-refractivity contribution in [3.05, 3.63) is 0 Å². The molecular formula is C13H25N. The molecule has 0 aliphatic heterocycles. The van der Waals surface area contributed by atoms with Crippen molar-refractivity contribution in [3.63, 3.8) is 0 Å². The van der Waals surface area contributed by atoms with E-state index >= 15 is 0 Å². The van der Waals surface area contributed by atoms with Gasteiger partial charge < -0.3 is 5.32 Å². The predicted octanol–water partition coefficient (Wildman–Crippen LogP) is 3.20. The maximum Gasteiger partial charge on any atom is 0.0101 e. The average Bonchev–Trinajstić information content (AvgIpc) is 2.22. The van der Waals surface area contributed by atoms with Gasteiger partial charge in [0.1, 0.15) is 0 Å². The minimum Gasteiger partial charge on any atom is -0.311 e. The number of hydrogen-bond acceptors (Lipinski definition) is 1. The summed E-state index contributed by atoms with van der Waals surface area (Å²) in [6.45, 7) is 9.60. The van der Waals surface area contributed by atoms with Crippen molar-refractivity contribution in [1.29, 1.82) is 0 Å². The van der Waals surface area contributed by atoms with Crippen LogP contribution < -0.4 is 5.32 Å². The summed E-state index contributed by atoms with van der Waals surface area (Å²) in [4.78, 5) is 0. The molecule has 1 nitrogen and oxygen atoms in total. The lowest BCUT2D eigenvalue weighted by molar-refractivity contribution is 0.208. The molecule has 0 spiro atoms. The fourth-order valence-corrected chi connectivity index (χ4v) is 3.46. The first-order valence-corrected chi connectivity index (χ1v) is 6.22. The normalized spacial score (nSPS) is 46.3. The Hall–Kier alpha value is -0.0400. The summed E-state index contributed by atoms with van der Waals surface area (Å²) in [6, 6.07) is 1.63. The number of rotatable bonds is 2. The van der Waals surface area contributed by atoms with Crippen LogP contribution >= 0.6 is 0 Å². The van der Waals surface area contributed by atoms with Gasteiger partial charge >= 0.3 is 0 Å². The van der Waals surface area contributed by atoms with Crippen LogP contribution in [0.3, 0.4) is 0 Å². The van der Waals surface area contributed by atoms with Crippen LogP contribution in [0.15, 0.2) is 0 Å². The monoisotopic (exact) mass is 195 g/mol. The van der Waals surface area contributed by atoms with Gasteiger partial charge in [0.2, 0.25) is 0 Å². The topological polar surface area (TPSA) is 12.0 Å². The molecule has 0 saturated heterocycles. The highest BCUT2D eigenvalue weighted by atomic mass is 15.0. The summed E-state index contributed by atoms with van der Waals surface area (Å²) in [5.41, 5.74) is 0.576. The lowest BCUT2D eigenvalue weighted by atomic mass is 9.81. The third-order valence-electron chi connectivity index (χ3n) is 4.16. The van der Waals surface area contributed by atoms with Gasteiger partial charge in [-0.2, -0.15) is 0 Å². The molecule has 1 heteroatoms. The molecule has 1 N–H and O–H groups in total. The van der Waals surface area contributed by atoms with Gasteiger partial charge in [0.15, 0.2) is 0 Å². The minimum absolute atomic E-state index is 0.576. The molecule has 2 rings (SSSR count). The van der Waals surface area contributed by atoms with Crippen molar-refractivity contribution in [2.75, 3.05) is 0 Å². The molecule has 0 bridgehead atoms. The summed E-state index contributed by atoms with van der Waals surface area (Å²) < 4.78 is 0. The van der Waals surface area contributed by atoms with Crippen molar-refractivity contribution < 1.29 is 0 Å². The summed E-state index contributed by atoms with van der Waals surface area (Å²) in [5, 5.41) is 3.85. The van der Waals surface area contributed by atoms with Crippen LogP contribution in [0, 0.1) is 17.3 Å². The largest absolute Gasteiger partial charge is 0.311 e. The van der Waals surface area contributed by atoms with Gasteiger partial charge in [-0.15, -0.1) is 0 Å². The van der Waals surface area contributed by atoms with Crippen LogP contribution in [0.2, 0.25) is 0 Å². The van der Waals surface area contributed by atoms with Crippen LogP contribution in [-0.4, -0.2) is 12.1 Å². The molecule has 0 heterocycles. The molecule has 82 valence electrons.